The summed E-state index contributed by atoms with van der Waals surface area (Å²) < 4.78 is 10.1. The lowest BCUT2D eigenvalue weighted by atomic mass is 10.1. The fourth-order valence-electron chi connectivity index (χ4n) is 1.68. The first-order valence-electron chi connectivity index (χ1n) is 5.84. The number of nitrogen functional groups attached to an aromatic ring is 1. The van der Waals surface area contributed by atoms with Gasteiger partial charge in [0.15, 0.2) is 5.13 Å². The lowest BCUT2D eigenvalue weighted by Gasteiger charge is -2.06. The molecule has 2 aromatic rings. The minimum absolute atomic E-state index is 0.291. The predicted molar refractivity (Wildman–Crippen MR) is 79.5 cm³/mol. The van der Waals surface area contributed by atoms with Crippen molar-refractivity contribution in [1.29, 1.82) is 0 Å². The zero-order chi connectivity index (χ0) is 14.7. The van der Waals surface area contributed by atoms with E-state index in [4.69, 9.17) is 26.8 Å². The Balaban J connectivity index is 2.47. The van der Waals surface area contributed by atoms with Crippen molar-refractivity contribution in [1.82, 2.24) is 4.98 Å². The summed E-state index contributed by atoms with van der Waals surface area (Å²) in [6.45, 7) is 2.03. The molecule has 106 valence electrons. The van der Waals surface area contributed by atoms with E-state index in [1.54, 1.807) is 25.1 Å². The van der Waals surface area contributed by atoms with Crippen LogP contribution in [0.4, 0.5) is 5.13 Å². The van der Waals surface area contributed by atoms with Crippen LogP contribution >= 0.6 is 22.9 Å². The van der Waals surface area contributed by atoms with Gasteiger partial charge < -0.3 is 15.2 Å². The fraction of sp³-hybridized carbons (Fsp3) is 0.231. The van der Waals surface area contributed by atoms with Gasteiger partial charge in [0.25, 0.3) is 0 Å². The molecule has 0 atom stereocenters. The topological polar surface area (TPSA) is 74.4 Å². The first-order chi connectivity index (χ1) is 9.56. The average molecular weight is 313 g/mol. The van der Waals surface area contributed by atoms with Crippen molar-refractivity contribution in [2.45, 2.75) is 6.92 Å². The summed E-state index contributed by atoms with van der Waals surface area (Å²) in [5.41, 5.74) is 6.84. The number of esters is 1. The zero-order valence-corrected chi connectivity index (χ0v) is 12.5. The summed E-state index contributed by atoms with van der Waals surface area (Å²) in [6.07, 6.45) is 0. The van der Waals surface area contributed by atoms with E-state index in [0.29, 0.717) is 38.6 Å². The number of hydrogen-bond donors (Lipinski definition) is 1. The molecule has 0 radical (unpaired) electrons. The minimum atomic E-state index is -0.441. The molecular formula is C13H13ClN2O3S. The van der Waals surface area contributed by atoms with Crippen LogP contribution in [0.5, 0.6) is 5.75 Å². The maximum absolute atomic E-state index is 11.9. The fourth-order valence-corrected chi connectivity index (χ4v) is 2.69. The molecule has 2 rings (SSSR count). The molecule has 1 heterocycles. The van der Waals surface area contributed by atoms with Crippen molar-refractivity contribution in [2.24, 2.45) is 0 Å². The standard InChI is InChI=1S/C13H13ClN2O3S/c1-3-19-12(17)11-10(16-13(15)20-11)7-4-5-9(18-2)8(14)6-7/h4-6H,3H2,1-2H3,(H2,15,16). The molecular weight excluding hydrogens is 300 g/mol. The van der Waals surface area contributed by atoms with Crippen molar-refractivity contribution < 1.29 is 14.3 Å². The van der Waals surface area contributed by atoms with E-state index in [-0.39, 0.29) is 0 Å². The number of anilines is 1. The molecule has 0 aliphatic rings. The van der Waals surface area contributed by atoms with Gasteiger partial charge in [-0.25, -0.2) is 9.78 Å². The molecule has 0 bridgehead atoms. The third-order valence-corrected chi connectivity index (χ3v) is 3.69. The number of carbonyl (C=O) groups excluding carboxylic acids is 1. The predicted octanol–water partition coefficient (Wildman–Crippen LogP) is 3.23. The van der Waals surface area contributed by atoms with Crippen LogP contribution in [0.25, 0.3) is 11.3 Å². The Morgan fingerprint density at radius 3 is 2.85 bits per heavy atom. The molecule has 7 heteroatoms. The highest BCUT2D eigenvalue weighted by Gasteiger charge is 2.20. The molecule has 0 aliphatic heterocycles. The number of halogens is 1. The van der Waals surface area contributed by atoms with Gasteiger partial charge in [0.05, 0.1) is 24.4 Å². The highest BCUT2D eigenvalue weighted by molar-refractivity contribution is 7.17. The van der Waals surface area contributed by atoms with Gasteiger partial charge in [0, 0.05) is 5.56 Å². The summed E-state index contributed by atoms with van der Waals surface area (Å²) in [5.74, 6) is 0.111. The van der Waals surface area contributed by atoms with Crippen LogP contribution in [-0.4, -0.2) is 24.7 Å². The van der Waals surface area contributed by atoms with Crippen LogP contribution in [0.2, 0.25) is 5.02 Å². The summed E-state index contributed by atoms with van der Waals surface area (Å²) in [7, 11) is 1.53. The van der Waals surface area contributed by atoms with Crippen LogP contribution in [0.15, 0.2) is 18.2 Å². The van der Waals surface area contributed by atoms with E-state index in [1.807, 2.05) is 0 Å². The lowest BCUT2D eigenvalue weighted by molar-refractivity contribution is 0.0532. The molecule has 1 aromatic heterocycles. The molecule has 0 unspecified atom stereocenters. The van der Waals surface area contributed by atoms with Gasteiger partial charge in [-0.15, -0.1) is 0 Å². The summed E-state index contributed by atoms with van der Waals surface area (Å²) in [5, 5.41) is 0.737. The Morgan fingerprint density at radius 2 is 2.25 bits per heavy atom. The number of benzene rings is 1. The Kier molecular flexibility index (Phi) is 4.46. The highest BCUT2D eigenvalue weighted by atomic mass is 35.5. The Bertz CT molecular complexity index is 643. The highest BCUT2D eigenvalue weighted by Crippen LogP contribution is 2.34. The molecule has 1 aromatic carbocycles. The maximum atomic E-state index is 11.9. The smallest absolute Gasteiger partial charge is 0.350 e. The molecule has 5 nitrogen and oxygen atoms in total. The first kappa shape index (κ1) is 14.6. The van der Waals surface area contributed by atoms with Crippen molar-refractivity contribution in [3.05, 3.63) is 28.1 Å². The number of hydrogen-bond acceptors (Lipinski definition) is 6. The van der Waals surface area contributed by atoms with Crippen LogP contribution < -0.4 is 10.5 Å². The van der Waals surface area contributed by atoms with Gasteiger partial charge in [-0.2, -0.15) is 0 Å². The number of ether oxygens (including phenoxy) is 2. The van der Waals surface area contributed by atoms with E-state index < -0.39 is 5.97 Å². The van der Waals surface area contributed by atoms with Gasteiger partial charge in [-0.3, -0.25) is 0 Å². The van der Waals surface area contributed by atoms with E-state index in [2.05, 4.69) is 4.98 Å². The quantitative estimate of drug-likeness (QED) is 0.877. The molecule has 0 spiro atoms. The lowest BCUT2D eigenvalue weighted by Crippen LogP contribution is -2.04. The number of carbonyl (C=O) groups is 1. The van der Waals surface area contributed by atoms with Gasteiger partial charge in [0.1, 0.15) is 10.6 Å². The van der Waals surface area contributed by atoms with E-state index in [1.165, 1.54) is 7.11 Å². The maximum Gasteiger partial charge on any atom is 0.350 e. The van der Waals surface area contributed by atoms with Crippen molar-refractivity contribution in [2.75, 3.05) is 19.5 Å². The molecule has 20 heavy (non-hydrogen) atoms. The average Bonchev–Trinajstić information content (AvgIpc) is 2.81. The monoisotopic (exact) mass is 312 g/mol. The molecule has 0 saturated heterocycles. The second-order valence-electron chi connectivity index (χ2n) is 3.80. The molecule has 0 fully saturated rings. The second kappa shape index (κ2) is 6.11. The number of nitrogens with zero attached hydrogens (tertiary/aromatic N) is 1. The summed E-state index contributed by atoms with van der Waals surface area (Å²) in [6, 6.07) is 5.15. The van der Waals surface area contributed by atoms with Crippen molar-refractivity contribution >= 4 is 34.0 Å². The van der Waals surface area contributed by atoms with Gasteiger partial charge in [0.2, 0.25) is 0 Å². The number of rotatable bonds is 4. The van der Waals surface area contributed by atoms with Crippen LogP contribution in [0, 0.1) is 0 Å². The molecule has 0 amide bonds. The third kappa shape index (κ3) is 2.86. The van der Waals surface area contributed by atoms with Gasteiger partial charge in [-0.05, 0) is 25.1 Å². The Labute approximate surface area is 125 Å². The zero-order valence-electron chi connectivity index (χ0n) is 11.0. The normalized spacial score (nSPS) is 10.3. The van der Waals surface area contributed by atoms with E-state index in [9.17, 15) is 4.79 Å². The third-order valence-electron chi connectivity index (χ3n) is 2.53. The molecule has 0 aliphatic carbocycles. The SMILES string of the molecule is CCOC(=O)c1sc(N)nc1-c1ccc(OC)c(Cl)c1. The van der Waals surface area contributed by atoms with Crippen LogP contribution in [-0.2, 0) is 4.74 Å². The minimum Gasteiger partial charge on any atom is -0.495 e. The summed E-state index contributed by atoms with van der Waals surface area (Å²) >= 11 is 7.17. The molecule has 2 N–H and O–H groups in total. The summed E-state index contributed by atoms with van der Waals surface area (Å²) in [4.78, 5) is 16.4. The first-order valence-corrected chi connectivity index (χ1v) is 7.03. The van der Waals surface area contributed by atoms with Crippen molar-refractivity contribution in [3.8, 4) is 17.0 Å². The van der Waals surface area contributed by atoms with E-state index >= 15 is 0 Å². The van der Waals surface area contributed by atoms with Gasteiger partial charge in [-0.1, -0.05) is 22.9 Å². The van der Waals surface area contributed by atoms with Crippen LogP contribution in [0.3, 0.4) is 0 Å². The number of aromatic nitrogens is 1. The van der Waals surface area contributed by atoms with Crippen molar-refractivity contribution in [3.63, 3.8) is 0 Å². The largest absolute Gasteiger partial charge is 0.495 e. The Hall–Kier alpha value is -1.79. The molecule has 0 saturated carbocycles. The van der Waals surface area contributed by atoms with Crippen LogP contribution in [0.1, 0.15) is 16.6 Å². The number of thiazole rings is 1. The van der Waals surface area contributed by atoms with E-state index in [0.717, 1.165) is 11.3 Å². The number of nitrogens with two attached hydrogens (primary N) is 1. The Morgan fingerprint density at radius 1 is 1.50 bits per heavy atom. The second-order valence-corrected chi connectivity index (χ2v) is 5.24. The number of methoxy groups -OCH3 is 1. The van der Waals surface area contributed by atoms with Gasteiger partial charge >= 0.3 is 5.97 Å².